The van der Waals surface area contributed by atoms with E-state index in [1.54, 1.807) is 0 Å². The summed E-state index contributed by atoms with van der Waals surface area (Å²) in [5, 5.41) is 4.33. The zero-order valence-electron chi connectivity index (χ0n) is 13.3. The van der Waals surface area contributed by atoms with Crippen molar-refractivity contribution in [2.24, 2.45) is 5.73 Å². The van der Waals surface area contributed by atoms with Gasteiger partial charge in [0.25, 0.3) is 0 Å². The minimum atomic E-state index is -0.120. The fourth-order valence-corrected chi connectivity index (χ4v) is 3.97. The third kappa shape index (κ3) is 3.15. The highest BCUT2D eigenvalue weighted by Crippen LogP contribution is 2.38. The average Bonchev–Trinajstić information content (AvgIpc) is 2.92. The van der Waals surface area contributed by atoms with E-state index in [4.69, 9.17) is 15.2 Å². The number of hydrogen-bond acceptors (Lipinski definition) is 4. The molecule has 2 aliphatic carbocycles. The molecule has 1 aromatic heterocycles. The summed E-state index contributed by atoms with van der Waals surface area (Å²) < 4.78 is 5.66. The van der Waals surface area contributed by atoms with Gasteiger partial charge < -0.3 is 10.3 Å². The molecule has 4 nitrogen and oxygen atoms in total. The van der Waals surface area contributed by atoms with Crippen molar-refractivity contribution >= 4 is 0 Å². The maximum absolute atomic E-state index is 6.35. The van der Waals surface area contributed by atoms with Gasteiger partial charge in [0.2, 0.25) is 5.89 Å². The fraction of sp³-hybridized carbons (Fsp3) is 0.882. The summed E-state index contributed by atoms with van der Waals surface area (Å²) in [5.41, 5.74) is 6.23. The van der Waals surface area contributed by atoms with Crippen LogP contribution in [0.25, 0.3) is 0 Å². The number of hydrogen-bond donors (Lipinski definition) is 1. The van der Waals surface area contributed by atoms with E-state index in [0.29, 0.717) is 5.92 Å². The van der Waals surface area contributed by atoms with Crippen molar-refractivity contribution in [1.29, 1.82) is 0 Å². The van der Waals surface area contributed by atoms with E-state index in [-0.39, 0.29) is 11.5 Å². The maximum Gasteiger partial charge on any atom is 0.234 e. The van der Waals surface area contributed by atoms with Crippen LogP contribution in [0, 0.1) is 0 Å². The van der Waals surface area contributed by atoms with Gasteiger partial charge in [-0.2, -0.15) is 4.98 Å². The van der Waals surface area contributed by atoms with Crippen LogP contribution < -0.4 is 5.73 Å². The van der Waals surface area contributed by atoms with Gasteiger partial charge in [0.1, 0.15) is 0 Å². The van der Waals surface area contributed by atoms with Crippen LogP contribution in [0.1, 0.15) is 95.2 Å². The molecule has 2 fully saturated rings. The molecule has 2 atom stereocenters. The lowest BCUT2D eigenvalue weighted by molar-refractivity contribution is 0.202. The minimum absolute atomic E-state index is 0.120. The highest BCUT2D eigenvalue weighted by Gasteiger charge is 2.41. The quantitative estimate of drug-likeness (QED) is 0.892. The summed E-state index contributed by atoms with van der Waals surface area (Å²) in [6, 6.07) is 0.150. The largest absolute Gasteiger partial charge is 0.339 e. The third-order valence-corrected chi connectivity index (χ3v) is 5.68. The molecular formula is C17H29N3O. The Kier molecular flexibility index (Phi) is 4.63. The number of aromatic nitrogens is 2. The monoisotopic (exact) mass is 291 g/mol. The number of nitrogens with zero attached hydrogens (tertiary/aromatic N) is 2. The van der Waals surface area contributed by atoms with Gasteiger partial charge in [-0.15, -0.1) is 0 Å². The van der Waals surface area contributed by atoms with Gasteiger partial charge in [0, 0.05) is 12.0 Å². The Morgan fingerprint density at radius 3 is 2.38 bits per heavy atom. The molecule has 21 heavy (non-hydrogen) atoms. The van der Waals surface area contributed by atoms with Crippen LogP contribution in [0.15, 0.2) is 4.52 Å². The lowest BCUT2D eigenvalue weighted by Gasteiger charge is -2.36. The van der Waals surface area contributed by atoms with E-state index in [1.165, 1.54) is 57.8 Å². The molecule has 1 heterocycles. The highest BCUT2D eigenvalue weighted by atomic mass is 16.5. The molecule has 118 valence electrons. The third-order valence-electron chi connectivity index (χ3n) is 5.68. The molecule has 2 unspecified atom stereocenters. The van der Waals surface area contributed by atoms with Crippen LogP contribution in [-0.2, 0) is 5.41 Å². The molecular weight excluding hydrogens is 262 g/mol. The summed E-state index contributed by atoms with van der Waals surface area (Å²) in [6.07, 6.45) is 13.7. The summed E-state index contributed by atoms with van der Waals surface area (Å²) in [5.74, 6) is 2.21. The molecule has 0 saturated heterocycles. The Morgan fingerprint density at radius 2 is 1.67 bits per heavy atom. The van der Waals surface area contributed by atoms with E-state index < -0.39 is 0 Å². The molecule has 0 radical (unpaired) electrons. The Morgan fingerprint density at radius 1 is 1.00 bits per heavy atom. The summed E-state index contributed by atoms with van der Waals surface area (Å²) >= 11 is 0. The van der Waals surface area contributed by atoms with Crippen LogP contribution in [0.4, 0.5) is 0 Å². The van der Waals surface area contributed by atoms with Gasteiger partial charge in [0.05, 0.1) is 5.41 Å². The lowest BCUT2D eigenvalue weighted by atomic mass is 9.72. The molecule has 0 amide bonds. The van der Waals surface area contributed by atoms with Gasteiger partial charge in [-0.1, -0.05) is 50.1 Å². The SMILES string of the molecule is CC1(c2nc(C3CCCCCCC3)no2)CCCCC1N. The van der Waals surface area contributed by atoms with Crippen LogP contribution in [-0.4, -0.2) is 16.2 Å². The maximum atomic E-state index is 6.35. The van der Waals surface area contributed by atoms with Crippen molar-refractivity contribution in [3.63, 3.8) is 0 Å². The predicted molar refractivity (Wildman–Crippen MR) is 83.2 cm³/mol. The summed E-state index contributed by atoms with van der Waals surface area (Å²) in [7, 11) is 0. The molecule has 1 aromatic rings. The number of rotatable bonds is 2. The van der Waals surface area contributed by atoms with Crippen LogP contribution >= 0.6 is 0 Å². The first-order valence-electron chi connectivity index (χ1n) is 8.80. The van der Waals surface area contributed by atoms with Gasteiger partial charge in [-0.05, 0) is 32.6 Å². The second-order valence-electron chi connectivity index (χ2n) is 7.27. The minimum Gasteiger partial charge on any atom is -0.339 e. The standard InChI is InChI=1S/C17H29N3O/c1-17(12-8-7-11-14(17)18)16-19-15(20-21-16)13-9-5-3-2-4-6-10-13/h13-14H,2-12,18H2,1H3. The Hall–Kier alpha value is -0.900. The zero-order valence-corrected chi connectivity index (χ0v) is 13.3. The molecule has 0 aliphatic heterocycles. The van der Waals surface area contributed by atoms with Crippen molar-refractivity contribution in [1.82, 2.24) is 10.1 Å². The van der Waals surface area contributed by atoms with E-state index in [0.717, 1.165) is 24.6 Å². The van der Waals surface area contributed by atoms with Gasteiger partial charge in [-0.25, -0.2) is 0 Å². The molecule has 2 N–H and O–H groups in total. The fourth-order valence-electron chi connectivity index (χ4n) is 3.97. The second-order valence-corrected chi connectivity index (χ2v) is 7.27. The lowest BCUT2D eigenvalue weighted by Crippen LogP contribution is -2.45. The smallest absolute Gasteiger partial charge is 0.234 e. The normalized spacial score (nSPS) is 32.6. The molecule has 0 spiro atoms. The van der Waals surface area contributed by atoms with Crippen molar-refractivity contribution in [2.45, 2.75) is 94.9 Å². The van der Waals surface area contributed by atoms with Gasteiger partial charge in [-0.3, -0.25) is 0 Å². The molecule has 4 heteroatoms. The van der Waals surface area contributed by atoms with E-state index in [2.05, 4.69) is 12.1 Å². The Labute approximate surface area is 127 Å². The topological polar surface area (TPSA) is 64.9 Å². The Bertz CT molecular complexity index is 451. The first-order valence-corrected chi connectivity index (χ1v) is 8.80. The molecule has 2 aliphatic rings. The van der Waals surface area contributed by atoms with Crippen molar-refractivity contribution in [3.8, 4) is 0 Å². The second kappa shape index (κ2) is 6.47. The zero-order chi connectivity index (χ0) is 14.7. The van der Waals surface area contributed by atoms with Crippen LogP contribution in [0.3, 0.4) is 0 Å². The first kappa shape index (κ1) is 15.0. The molecule has 3 rings (SSSR count). The first-order chi connectivity index (χ1) is 10.2. The number of nitrogens with two attached hydrogens (primary N) is 1. The predicted octanol–water partition coefficient (Wildman–Crippen LogP) is 4.06. The highest BCUT2D eigenvalue weighted by molar-refractivity contribution is 5.11. The summed E-state index contributed by atoms with van der Waals surface area (Å²) in [4.78, 5) is 4.79. The van der Waals surface area contributed by atoms with Crippen LogP contribution in [0.5, 0.6) is 0 Å². The molecule has 2 saturated carbocycles. The van der Waals surface area contributed by atoms with Crippen LogP contribution in [0.2, 0.25) is 0 Å². The Balaban J connectivity index is 1.75. The van der Waals surface area contributed by atoms with Gasteiger partial charge in [0.15, 0.2) is 5.82 Å². The van der Waals surface area contributed by atoms with E-state index in [9.17, 15) is 0 Å². The summed E-state index contributed by atoms with van der Waals surface area (Å²) in [6.45, 7) is 2.20. The van der Waals surface area contributed by atoms with Crippen molar-refractivity contribution in [2.75, 3.05) is 0 Å². The average molecular weight is 291 g/mol. The van der Waals surface area contributed by atoms with Gasteiger partial charge >= 0.3 is 0 Å². The molecule has 0 aromatic carbocycles. The van der Waals surface area contributed by atoms with E-state index >= 15 is 0 Å². The van der Waals surface area contributed by atoms with Crippen molar-refractivity contribution < 1.29 is 4.52 Å². The van der Waals surface area contributed by atoms with E-state index in [1.807, 2.05) is 0 Å². The van der Waals surface area contributed by atoms with Crippen molar-refractivity contribution in [3.05, 3.63) is 11.7 Å². The molecule has 0 bridgehead atoms.